The monoisotopic (exact) mass is 411 g/mol. The van der Waals surface area contributed by atoms with Gasteiger partial charge in [0.1, 0.15) is 23.5 Å². The van der Waals surface area contributed by atoms with Gasteiger partial charge in [-0.2, -0.15) is 0 Å². The highest BCUT2D eigenvalue weighted by Gasteiger charge is 2.32. The van der Waals surface area contributed by atoms with Gasteiger partial charge >= 0.3 is 0 Å². The summed E-state index contributed by atoms with van der Waals surface area (Å²) in [7, 11) is 0. The van der Waals surface area contributed by atoms with E-state index in [0.717, 1.165) is 5.56 Å². The van der Waals surface area contributed by atoms with Crippen molar-refractivity contribution in [1.82, 2.24) is 5.32 Å². The smallest absolute Gasteiger partial charge is 0.222 e. The molecule has 4 N–H and O–H groups in total. The summed E-state index contributed by atoms with van der Waals surface area (Å²) < 4.78 is 0. The van der Waals surface area contributed by atoms with Crippen LogP contribution in [0.1, 0.15) is 31.4 Å². The number of nitrogens with zero attached hydrogens (tertiary/aromatic N) is 2. The summed E-state index contributed by atoms with van der Waals surface area (Å²) in [6.45, 7) is 3.88. The number of halogens is 1. The molecule has 3 rings (SSSR count). The molecule has 1 heterocycles. The molecule has 7 nitrogen and oxygen atoms in total. The predicted molar refractivity (Wildman–Crippen MR) is 116 cm³/mol. The topological polar surface area (TPSA) is 113 Å². The zero-order chi connectivity index (χ0) is 21.1. The number of aliphatic imine (C=N–C) groups is 1. The van der Waals surface area contributed by atoms with Crippen LogP contribution in [0, 0.1) is 10.8 Å². The molecule has 0 spiro atoms. The van der Waals surface area contributed by atoms with Gasteiger partial charge in [-0.1, -0.05) is 23.7 Å². The predicted octanol–water partition coefficient (Wildman–Crippen LogP) is 3.57. The summed E-state index contributed by atoms with van der Waals surface area (Å²) in [5, 5.41) is 30.3. The van der Waals surface area contributed by atoms with Crippen molar-refractivity contribution in [2.45, 2.75) is 26.3 Å². The number of carbonyl (C=O) groups is 1. The van der Waals surface area contributed by atoms with Crippen LogP contribution in [0.3, 0.4) is 0 Å². The zero-order valence-electron chi connectivity index (χ0n) is 16.2. The Morgan fingerprint density at radius 1 is 1.28 bits per heavy atom. The van der Waals surface area contributed by atoms with E-state index in [4.69, 9.17) is 27.4 Å². The molecule has 0 aromatic heterocycles. The number of carbonyl (C=O) groups excluding carboxylic acids is 1. The summed E-state index contributed by atoms with van der Waals surface area (Å²) in [5.74, 6) is -0.0328. The van der Waals surface area contributed by atoms with E-state index in [1.165, 1.54) is 11.0 Å². The maximum absolute atomic E-state index is 12.3. The normalized spacial score (nSPS) is 16.0. The number of rotatable bonds is 4. The lowest BCUT2D eigenvalue weighted by molar-refractivity contribution is -0.121. The molecule has 2 aromatic carbocycles. The maximum atomic E-state index is 12.3. The van der Waals surface area contributed by atoms with Crippen LogP contribution < -0.4 is 10.2 Å². The summed E-state index contributed by atoms with van der Waals surface area (Å²) in [5.41, 5.74) is 2.38. The third-order valence-electron chi connectivity index (χ3n) is 4.52. The SMILES string of the molecule is CCNC(=O)C[C@@H]1N=C(c2ccc(Cl)cc2)c2cc(O)ccc2N(C(C)=N)C1=N. The summed E-state index contributed by atoms with van der Waals surface area (Å²) in [6.07, 6.45) is -0.0203. The molecule has 0 radical (unpaired) electrons. The number of phenolic OH excluding ortho intramolecular Hbond substituents is 1. The molecule has 150 valence electrons. The van der Waals surface area contributed by atoms with E-state index in [-0.39, 0.29) is 29.7 Å². The first-order valence-electron chi connectivity index (χ1n) is 9.19. The van der Waals surface area contributed by atoms with Crippen LogP contribution in [0.4, 0.5) is 5.69 Å². The molecule has 1 aliphatic heterocycles. The standard InChI is InChI=1S/C21H22ClN5O2/c1-3-25-19(29)11-17-21(24)27(12(2)23)18-9-8-15(28)10-16(18)20(26-17)13-4-6-14(22)7-5-13/h4-10,17,23-24,28H,3,11H2,1-2H3,(H,25,29)/t17-/m0/s1. The number of aromatic hydroxyl groups is 1. The average molecular weight is 412 g/mol. The maximum Gasteiger partial charge on any atom is 0.222 e. The van der Waals surface area contributed by atoms with Gasteiger partial charge in [-0.05, 0) is 44.2 Å². The molecule has 1 amide bonds. The van der Waals surface area contributed by atoms with Crippen molar-refractivity contribution in [3.8, 4) is 5.75 Å². The number of hydrogen-bond acceptors (Lipinski definition) is 5. The van der Waals surface area contributed by atoms with E-state index in [1.807, 2.05) is 6.92 Å². The Morgan fingerprint density at radius 2 is 1.97 bits per heavy atom. The first-order chi connectivity index (χ1) is 13.8. The van der Waals surface area contributed by atoms with Crippen LogP contribution in [0.15, 0.2) is 47.5 Å². The Kier molecular flexibility index (Phi) is 5.98. The third kappa shape index (κ3) is 4.30. The Balaban J connectivity index is 2.22. The van der Waals surface area contributed by atoms with Crippen LogP contribution in [-0.4, -0.2) is 41.0 Å². The van der Waals surface area contributed by atoms with Gasteiger partial charge < -0.3 is 10.4 Å². The van der Waals surface area contributed by atoms with E-state index in [9.17, 15) is 9.90 Å². The molecule has 0 bridgehead atoms. The van der Waals surface area contributed by atoms with Crippen molar-refractivity contribution in [2.24, 2.45) is 4.99 Å². The number of fused-ring (bicyclic) bond motifs is 1. The third-order valence-corrected chi connectivity index (χ3v) is 4.78. The zero-order valence-corrected chi connectivity index (χ0v) is 16.9. The lowest BCUT2D eigenvalue weighted by atomic mass is 9.99. The van der Waals surface area contributed by atoms with E-state index >= 15 is 0 Å². The Bertz CT molecular complexity index is 1000. The highest BCUT2D eigenvalue weighted by atomic mass is 35.5. The highest BCUT2D eigenvalue weighted by molar-refractivity contribution is 6.31. The number of phenols is 1. The van der Waals surface area contributed by atoms with Crippen LogP contribution in [0.25, 0.3) is 0 Å². The fraction of sp³-hybridized carbons (Fsp3) is 0.238. The van der Waals surface area contributed by atoms with Gasteiger partial charge in [-0.3, -0.25) is 25.5 Å². The van der Waals surface area contributed by atoms with Gasteiger partial charge in [0.25, 0.3) is 0 Å². The lowest BCUT2D eigenvalue weighted by Gasteiger charge is -2.26. The van der Waals surface area contributed by atoms with Gasteiger partial charge in [0.05, 0.1) is 17.8 Å². The number of amidine groups is 2. The second-order valence-corrected chi connectivity index (χ2v) is 7.10. The second kappa shape index (κ2) is 8.45. The molecule has 8 heteroatoms. The number of anilines is 1. The fourth-order valence-electron chi connectivity index (χ4n) is 3.26. The molecular weight excluding hydrogens is 390 g/mol. The van der Waals surface area contributed by atoms with Crippen molar-refractivity contribution in [1.29, 1.82) is 10.8 Å². The first-order valence-corrected chi connectivity index (χ1v) is 9.57. The van der Waals surface area contributed by atoms with Crippen molar-refractivity contribution in [2.75, 3.05) is 11.4 Å². The van der Waals surface area contributed by atoms with Crippen molar-refractivity contribution in [3.05, 3.63) is 58.6 Å². The highest BCUT2D eigenvalue weighted by Crippen LogP contribution is 2.32. The van der Waals surface area contributed by atoms with Crippen LogP contribution in [-0.2, 0) is 4.79 Å². The lowest BCUT2D eigenvalue weighted by Crippen LogP contribution is -2.42. The number of hydrogen-bond donors (Lipinski definition) is 4. The van der Waals surface area contributed by atoms with E-state index in [0.29, 0.717) is 28.5 Å². The minimum atomic E-state index is -0.790. The van der Waals surface area contributed by atoms with Gasteiger partial charge in [0.15, 0.2) is 0 Å². The summed E-state index contributed by atoms with van der Waals surface area (Å²) >= 11 is 6.03. The Hall–Kier alpha value is -3.19. The van der Waals surface area contributed by atoms with Crippen molar-refractivity contribution >= 4 is 40.6 Å². The number of nitrogens with one attached hydrogen (secondary N) is 3. The Labute approximate surface area is 174 Å². The molecule has 0 saturated heterocycles. The largest absolute Gasteiger partial charge is 0.508 e. The number of amides is 1. The average Bonchev–Trinajstić information content (AvgIpc) is 2.78. The minimum absolute atomic E-state index is 0.0203. The molecule has 0 saturated carbocycles. The van der Waals surface area contributed by atoms with Crippen LogP contribution >= 0.6 is 11.6 Å². The summed E-state index contributed by atoms with van der Waals surface area (Å²) in [4.78, 5) is 18.4. The van der Waals surface area contributed by atoms with Crippen LogP contribution in [0.5, 0.6) is 5.75 Å². The molecule has 0 aliphatic carbocycles. The van der Waals surface area contributed by atoms with E-state index < -0.39 is 6.04 Å². The molecule has 2 aromatic rings. The molecule has 1 atom stereocenters. The quantitative estimate of drug-likeness (QED) is 0.455. The summed E-state index contributed by atoms with van der Waals surface area (Å²) in [6, 6.07) is 11.0. The van der Waals surface area contributed by atoms with Crippen LogP contribution in [0.2, 0.25) is 5.02 Å². The van der Waals surface area contributed by atoms with Gasteiger partial charge in [-0.15, -0.1) is 0 Å². The second-order valence-electron chi connectivity index (χ2n) is 6.67. The molecular formula is C21H22ClN5O2. The molecule has 1 aliphatic rings. The molecule has 0 unspecified atom stereocenters. The van der Waals surface area contributed by atoms with Gasteiger partial charge in [-0.25, -0.2) is 0 Å². The Morgan fingerprint density at radius 3 is 2.59 bits per heavy atom. The van der Waals surface area contributed by atoms with E-state index in [1.54, 1.807) is 43.3 Å². The van der Waals surface area contributed by atoms with Crippen molar-refractivity contribution < 1.29 is 9.90 Å². The van der Waals surface area contributed by atoms with Crippen molar-refractivity contribution in [3.63, 3.8) is 0 Å². The number of benzodiazepines with no additional fused rings is 1. The van der Waals surface area contributed by atoms with Gasteiger partial charge in [0.2, 0.25) is 5.91 Å². The molecule has 0 fully saturated rings. The van der Waals surface area contributed by atoms with E-state index in [2.05, 4.69) is 5.32 Å². The molecule has 29 heavy (non-hydrogen) atoms. The minimum Gasteiger partial charge on any atom is -0.508 e. The fourth-order valence-corrected chi connectivity index (χ4v) is 3.39. The number of benzene rings is 2. The first kappa shape index (κ1) is 20.5. The van der Waals surface area contributed by atoms with Gasteiger partial charge in [0, 0.05) is 22.7 Å².